The Bertz CT molecular complexity index is 364. The van der Waals surface area contributed by atoms with Crippen molar-refractivity contribution in [2.45, 2.75) is 44.2 Å². The van der Waals surface area contributed by atoms with Crippen molar-refractivity contribution in [1.29, 1.82) is 0 Å². The van der Waals surface area contributed by atoms with Gasteiger partial charge in [-0.15, -0.1) is 11.3 Å². The van der Waals surface area contributed by atoms with Gasteiger partial charge in [0.25, 0.3) is 0 Å². The number of hydrogen-bond donors (Lipinski definition) is 1. The monoisotopic (exact) mass is 253 g/mol. The minimum Gasteiger partial charge on any atom is -0.391 e. The zero-order chi connectivity index (χ0) is 12.3. The molecule has 0 aliphatic heterocycles. The fraction of sp³-hybridized carbons (Fsp3) is 0.615. The van der Waals surface area contributed by atoms with Crippen molar-refractivity contribution in [3.63, 3.8) is 0 Å². The molecule has 1 aromatic rings. The highest BCUT2D eigenvalue weighted by Crippen LogP contribution is 2.23. The highest BCUT2D eigenvalue weighted by Gasteiger charge is 2.29. The van der Waals surface area contributed by atoms with Gasteiger partial charge in [-0.25, -0.2) is 0 Å². The molecule has 0 bridgehead atoms. The van der Waals surface area contributed by atoms with E-state index in [0.717, 1.165) is 30.6 Å². The zero-order valence-electron chi connectivity index (χ0n) is 10.1. The van der Waals surface area contributed by atoms with Crippen LogP contribution >= 0.6 is 11.3 Å². The second-order valence-corrected chi connectivity index (χ2v) is 5.71. The van der Waals surface area contributed by atoms with Gasteiger partial charge >= 0.3 is 0 Å². The first-order chi connectivity index (χ1) is 8.18. The largest absolute Gasteiger partial charge is 0.391 e. The third-order valence-corrected chi connectivity index (χ3v) is 4.37. The van der Waals surface area contributed by atoms with Gasteiger partial charge in [-0.3, -0.25) is 4.79 Å². The summed E-state index contributed by atoms with van der Waals surface area (Å²) >= 11 is 1.61. The Balaban J connectivity index is 1.94. The maximum atomic E-state index is 12.1. The minimum absolute atomic E-state index is 0.0104. The van der Waals surface area contributed by atoms with Gasteiger partial charge in [0.2, 0.25) is 5.91 Å². The van der Waals surface area contributed by atoms with Crippen LogP contribution in [-0.4, -0.2) is 35.1 Å². The lowest BCUT2D eigenvalue weighted by atomic mass is 9.91. The van der Waals surface area contributed by atoms with Crippen LogP contribution in [0.1, 0.15) is 30.6 Å². The van der Waals surface area contributed by atoms with Gasteiger partial charge in [0.05, 0.1) is 18.6 Å². The van der Waals surface area contributed by atoms with Crippen LogP contribution in [0, 0.1) is 0 Å². The molecule has 17 heavy (non-hydrogen) atoms. The second-order valence-electron chi connectivity index (χ2n) is 4.68. The van der Waals surface area contributed by atoms with E-state index in [1.165, 1.54) is 0 Å². The van der Waals surface area contributed by atoms with Crippen molar-refractivity contribution >= 4 is 17.2 Å². The first kappa shape index (κ1) is 12.6. The summed E-state index contributed by atoms with van der Waals surface area (Å²) in [5.74, 6) is 0.110. The van der Waals surface area contributed by atoms with E-state index in [1.54, 1.807) is 16.2 Å². The Kier molecular flexibility index (Phi) is 4.18. The lowest BCUT2D eigenvalue weighted by molar-refractivity contribution is -0.134. The van der Waals surface area contributed by atoms with E-state index < -0.39 is 0 Å². The average Bonchev–Trinajstić information content (AvgIpc) is 2.81. The van der Waals surface area contributed by atoms with Crippen LogP contribution < -0.4 is 0 Å². The van der Waals surface area contributed by atoms with E-state index in [1.807, 2.05) is 24.6 Å². The molecule has 1 heterocycles. The fourth-order valence-electron chi connectivity index (χ4n) is 2.42. The molecule has 1 aromatic heterocycles. The van der Waals surface area contributed by atoms with E-state index >= 15 is 0 Å². The molecule has 4 heteroatoms. The van der Waals surface area contributed by atoms with Crippen LogP contribution in [0.4, 0.5) is 0 Å². The molecular weight excluding hydrogens is 234 g/mol. The molecule has 3 nitrogen and oxygen atoms in total. The SMILES string of the molecule is CN(C(=O)Cc1cccs1)C1CCCCC1O. The molecule has 0 saturated heterocycles. The Morgan fingerprint density at radius 3 is 2.94 bits per heavy atom. The van der Waals surface area contributed by atoms with Crippen LogP contribution in [0.2, 0.25) is 0 Å². The highest BCUT2D eigenvalue weighted by molar-refractivity contribution is 7.10. The fourth-order valence-corrected chi connectivity index (χ4v) is 3.11. The normalized spacial score (nSPS) is 24.6. The smallest absolute Gasteiger partial charge is 0.227 e. The molecule has 1 N–H and O–H groups in total. The summed E-state index contributed by atoms with van der Waals surface area (Å²) in [6.45, 7) is 0. The van der Waals surface area contributed by atoms with E-state index in [9.17, 15) is 9.90 Å². The third kappa shape index (κ3) is 3.07. The number of thiophene rings is 1. The van der Waals surface area contributed by atoms with Gasteiger partial charge < -0.3 is 10.0 Å². The topological polar surface area (TPSA) is 40.5 Å². The quantitative estimate of drug-likeness (QED) is 0.895. The number of hydrogen-bond acceptors (Lipinski definition) is 3. The van der Waals surface area contributed by atoms with Gasteiger partial charge in [-0.05, 0) is 24.3 Å². The summed E-state index contributed by atoms with van der Waals surface area (Å²) in [5, 5.41) is 11.9. The molecule has 0 spiro atoms. The Labute approximate surface area is 106 Å². The van der Waals surface area contributed by atoms with Crippen LogP contribution in [0.15, 0.2) is 17.5 Å². The van der Waals surface area contributed by atoms with Crippen molar-refractivity contribution in [1.82, 2.24) is 4.90 Å². The second kappa shape index (κ2) is 5.65. The predicted molar refractivity (Wildman–Crippen MR) is 69.1 cm³/mol. The zero-order valence-corrected chi connectivity index (χ0v) is 10.9. The molecular formula is C13H19NO2S. The predicted octanol–water partition coefficient (Wildman–Crippen LogP) is 2.05. The molecule has 2 atom stereocenters. The third-order valence-electron chi connectivity index (χ3n) is 3.49. The lowest BCUT2D eigenvalue weighted by Gasteiger charge is -2.35. The summed E-state index contributed by atoms with van der Waals surface area (Å²) in [6, 6.07) is 3.95. The number of rotatable bonds is 3. The Morgan fingerprint density at radius 1 is 1.53 bits per heavy atom. The summed E-state index contributed by atoms with van der Waals surface area (Å²) in [7, 11) is 1.81. The van der Waals surface area contributed by atoms with Crippen LogP contribution in [-0.2, 0) is 11.2 Å². The van der Waals surface area contributed by atoms with Gasteiger partial charge in [-0.1, -0.05) is 18.9 Å². The number of likely N-dealkylation sites (N-methyl/N-ethyl adjacent to an activating group) is 1. The Morgan fingerprint density at radius 2 is 2.29 bits per heavy atom. The number of amides is 1. The molecule has 0 aromatic carbocycles. The molecule has 1 amide bonds. The summed E-state index contributed by atoms with van der Waals surface area (Å²) in [4.78, 5) is 14.9. The molecule has 1 aliphatic rings. The van der Waals surface area contributed by atoms with Crippen LogP contribution in [0.3, 0.4) is 0 Å². The Hall–Kier alpha value is -0.870. The lowest BCUT2D eigenvalue weighted by Crippen LogP contribution is -2.46. The van der Waals surface area contributed by atoms with Crippen molar-refractivity contribution in [2.24, 2.45) is 0 Å². The van der Waals surface area contributed by atoms with Gasteiger partial charge in [0.15, 0.2) is 0 Å². The van der Waals surface area contributed by atoms with Crippen LogP contribution in [0.5, 0.6) is 0 Å². The number of nitrogens with zero attached hydrogens (tertiary/aromatic N) is 1. The first-order valence-electron chi connectivity index (χ1n) is 6.14. The summed E-state index contributed by atoms with van der Waals surface area (Å²) in [6.07, 6.45) is 4.04. The summed E-state index contributed by atoms with van der Waals surface area (Å²) in [5.41, 5.74) is 0. The van der Waals surface area contributed by atoms with E-state index in [-0.39, 0.29) is 18.1 Å². The van der Waals surface area contributed by atoms with Gasteiger partial charge in [-0.2, -0.15) is 0 Å². The molecule has 1 saturated carbocycles. The minimum atomic E-state index is -0.346. The van der Waals surface area contributed by atoms with Crippen molar-refractivity contribution in [3.8, 4) is 0 Å². The molecule has 2 rings (SSSR count). The molecule has 2 unspecified atom stereocenters. The summed E-state index contributed by atoms with van der Waals surface area (Å²) < 4.78 is 0. The molecule has 1 aliphatic carbocycles. The number of carbonyl (C=O) groups is 1. The van der Waals surface area contributed by atoms with Crippen LogP contribution in [0.25, 0.3) is 0 Å². The number of aliphatic hydroxyl groups excluding tert-OH is 1. The maximum absolute atomic E-state index is 12.1. The highest BCUT2D eigenvalue weighted by atomic mass is 32.1. The van der Waals surface area contributed by atoms with Gasteiger partial charge in [0, 0.05) is 11.9 Å². The number of carbonyl (C=O) groups excluding carboxylic acids is 1. The van der Waals surface area contributed by atoms with Crippen molar-refractivity contribution in [3.05, 3.63) is 22.4 Å². The van der Waals surface area contributed by atoms with Crippen molar-refractivity contribution < 1.29 is 9.90 Å². The maximum Gasteiger partial charge on any atom is 0.227 e. The van der Waals surface area contributed by atoms with Gasteiger partial charge in [0.1, 0.15) is 0 Å². The molecule has 1 fully saturated rings. The van der Waals surface area contributed by atoms with E-state index in [0.29, 0.717) is 6.42 Å². The first-order valence-corrected chi connectivity index (χ1v) is 7.02. The number of aliphatic hydroxyl groups is 1. The average molecular weight is 253 g/mol. The molecule has 94 valence electrons. The molecule has 0 radical (unpaired) electrons. The van der Waals surface area contributed by atoms with E-state index in [2.05, 4.69) is 0 Å². The van der Waals surface area contributed by atoms with Crippen molar-refractivity contribution in [2.75, 3.05) is 7.05 Å². The standard InChI is InChI=1S/C13H19NO2S/c1-14(11-6-2-3-7-12(11)15)13(16)9-10-5-4-8-17-10/h4-5,8,11-12,15H,2-3,6-7,9H2,1H3. The van der Waals surface area contributed by atoms with E-state index in [4.69, 9.17) is 0 Å².